The molecule has 0 radical (unpaired) electrons. The molecule has 0 aliphatic rings. The molecular formula is C9H11BrO2S. The molecule has 1 heterocycles. The lowest BCUT2D eigenvalue weighted by atomic mass is 10.0. The number of hydrogen-bond donors (Lipinski definition) is 1. The molecule has 0 aromatic carbocycles. The second-order valence-electron chi connectivity index (χ2n) is 2.97. The molecule has 0 aliphatic heterocycles. The summed E-state index contributed by atoms with van der Waals surface area (Å²) in [5.41, 5.74) is 0. The topological polar surface area (TPSA) is 37.3 Å². The highest BCUT2D eigenvalue weighted by atomic mass is 79.9. The van der Waals surface area contributed by atoms with Gasteiger partial charge >= 0.3 is 5.97 Å². The van der Waals surface area contributed by atoms with Crippen LogP contribution in [0.5, 0.6) is 0 Å². The summed E-state index contributed by atoms with van der Waals surface area (Å²) in [6, 6.07) is 2.00. The summed E-state index contributed by atoms with van der Waals surface area (Å²) in [5.74, 6) is -0.398. The van der Waals surface area contributed by atoms with Gasteiger partial charge in [0.05, 0.1) is 0 Å². The van der Waals surface area contributed by atoms with E-state index in [9.17, 15) is 4.79 Å². The fraction of sp³-hybridized carbons (Fsp3) is 0.444. The fourth-order valence-corrected chi connectivity index (χ4v) is 2.99. The first kappa shape index (κ1) is 10.7. The Morgan fingerprint density at radius 3 is 2.92 bits per heavy atom. The molecule has 0 fully saturated rings. The van der Waals surface area contributed by atoms with Gasteiger partial charge in [-0.25, -0.2) is 0 Å². The summed E-state index contributed by atoms with van der Waals surface area (Å²) in [6.45, 7) is 2.06. The predicted octanol–water partition coefficient (Wildman–Crippen LogP) is 3.48. The highest BCUT2D eigenvalue weighted by molar-refractivity contribution is 9.10. The molecule has 2 nitrogen and oxygen atoms in total. The molecule has 0 saturated heterocycles. The van der Waals surface area contributed by atoms with Gasteiger partial charge in [0.1, 0.15) is 0 Å². The molecule has 13 heavy (non-hydrogen) atoms. The lowest BCUT2D eigenvalue weighted by Crippen LogP contribution is -1.98. The number of carbonyl (C=O) groups is 1. The largest absolute Gasteiger partial charge is 0.481 e. The number of halogens is 1. The SMILES string of the molecule is CC(CCC(=O)O)c1sccc1Br. The van der Waals surface area contributed by atoms with Crippen LogP contribution in [0, 0.1) is 0 Å². The Bertz CT molecular complexity index is 296. The third-order valence-corrected chi connectivity index (χ3v) is 3.99. The van der Waals surface area contributed by atoms with Gasteiger partial charge in [0.15, 0.2) is 0 Å². The Kier molecular flexibility index (Phi) is 3.93. The molecule has 0 aliphatic carbocycles. The lowest BCUT2D eigenvalue weighted by molar-refractivity contribution is -0.137. The monoisotopic (exact) mass is 262 g/mol. The van der Waals surface area contributed by atoms with E-state index < -0.39 is 5.97 Å². The first-order valence-corrected chi connectivity index (χ1v) is 5.73. The van der Waals surface area contributed by atoms with E-state index in [1.54, 1.807) is 11.3 Å². The zero-order valence-corrected chi connectivity index (χ0v) is 9.69. The first-order valence-electron chi connectivity index (χ1n) is 4.06. The van der Waals surface area contributed by atoms with Crippen LogP contribution in [0.25, 0.3) is 0 Å². The van der Waals surface area contributed by atoms with Crippen molar-refractivity contribution in [3.05, 3.63) is 20.8 Å². The summed E-state index contributed by atoms with van der Waals surface area (Å²) < 4.78 is 1.09. The average molecular weight is 263 g/mol. The van der Waals surface area contributed by atoms with Crippen molar-refractivity contribution in [2.45, 2.75) is 25.7 Å². The number of carboxylic acids is 1. The number of hydrogen-bond acceptors (Lipinski definition) is 2. The Morgan fingerprint density at radius 1 is 1.77 bits per heavy atom. The summed E-state index contributed by atoms with van der Waals surface area (Å²) in [6.07, 6.45) is 0.944. The molecular weight excluding hydrogens is 252 g/mol. The van der Waals surface area contributed by atoms with Gasteiger partial charge < -0.3 is 5.11 Å². The van der Waals surface area contributed by atoms with Crippen molar-refractivity contribution in [3.63, 3.8) is 0 Å². The van der Waals surface area contributed by atoms with Gasteiger partial charge in [0.25, 0.3) is 0 Å². The zero-order chi connectivity index (χ0) is 9.84. The van der Waals surface area contributed by atoms with Crippen molar-refractivity contribution >= 4 is 33.2 Å². The molecule has 72 valence electrons. The number of carboxylic acid groups (broad SMARTS) is 1. The van der Waals surface area contributed by atoms with Gasteiger partial charge in [0.2, 0.25) is 0 Å². The fourth-order valence-electron chi connectivity index (χ4n) is 1.13. The Hall–Kier alpha value is -0.350. The van der Waals surface area contributed by atoms with Crippen LogP contribution in [-0.2, 0) is 4.79 Å². The van der Waals surface area contributed by atoms with Crippen molar-refractivity contribution in [1.29, 1.82) is 0 Å². The van der Waals surface area contributed by atoms with Gasteiger partial charge in [-0.05, 0) is 39.7 Å². The molecule has 1 rings (SSSR count). The van der Waals surface area contributed by atoms with Gasteiger partial charge in [-0.15, -0.1) is 11.3 Å². The third kappa shape index (κ3) is 3.12. The van der Waals surface area contributed by atoms with E-state index in [1.807, 2.05) is 11.4 Å². The normalized spacial score (nSPS) is 12.8. The van der Waals surface area contributed by atoms with Crippen molar-refractivity contribution < 1.29 is 9.90 Å². The van der Waals surface area contributed by atoms with E-state index in [2.05, 4.69) is 22.9 Å². The van der Waals surface area contributed by atoms with Crippen molar-refractivity contribution in [2.24, 2.45) is 0 Å². The van der Waals surface area contributed by atoms with E-state index in [-0.39, 0.29) is 6.42 Å². The number of aliphatic carboxylic acids is 1. The van der Waals surface area contributed by atoms with E-state index in [0.29, 0.717) is 12.3 Å². The minimum absolute atomic E-state index is 0.242. The molecule has 0 spiro atoms. The molecule has 1 N–H and O–H groups in total. The van der Waals surface area contributed by atoms with E-state index in [4.69, 9.17) is 5.11 Å². The van der Waals surface area contributed by atoms with Crippen LogP contribution in [-0.4, -0.2) is 11.1 Å². The summed E-state index contributed by atoms with van der Waals surface area (Å²) in [4.78, 5) is 11.6. The average Bonchev–Trinajstić information content (AvgIpc) is 2.47. The molecule has 0 amide bonds. The molecule has 0 bridgehead atoms. The third-order valence-electron chi connectivity index (χ3n) is 1.88. The molecule has 1 unspecified atom stereocenters. The first-order chi connectivity index (χ1) is 6.11. The van der Waals surface area contributed by atoms with Crippen molar-refractivity contribution in [3.8, 4) is 0 Å². The lowest BCUT2D eigenvalue weighted by Gasteiger charge is -2.07. The van der Waals surface area contributed by atoms with Gasteiger partial charge in [0, 0.05) is 15.8 Å². The summed E-state index contributed by atoms with van der Waals surface area (Å²) in [7, 11) is 0. The van der Waals surface area contributed by atoms with Crippen LogP contribution in [0.15, 0.2) is 15.9 Å². The number of thiophene rings is 1. The molecule has 1 aromatic rings. The maximum Gasteiger partial charge on any atom is 0.303 e. The van der Waals surface area contributed by atoms with Crippen LogP contribution >= 0.6 is 27.3 Å². The van der Waals surface area contributed by atoms with Crippen LogP contribution in [0.2, 0.25) is 0 Å². The minimum atomic E-state index is -0.723. The minimum Gasteiger partial charge on any atom is -0.481 e. The molecule has 1 aromatic heterocycles. The predicted molar refractivity (Wildman–Crippen MR) is 57.3 cm³/mol. The van der Waals surface area contributed by atoms with Crippen LogP contribution < -0.4 is 0 Å². The highest BCUT2D eigenvalue weighted by Gasteiger charge is 2.11. The second kappa shape index (κ2) is 4.77. The van der Waals surface area contributed by atoms with Crippen LogP contribution in [0.1, 0.15) is 30.6 Å². The second-order valence-corrected chi connectivity index (χ2v) is 4.77. The maximum absolute atomic E-state index is 10.3. The van der Waals surface area contributed by atoms with Gasteiger partial charge in [-0.1, -0.05) is 6.92 Å². The standard InChI is InChI=1S/C9H11BrO2S/c1-6(2-3-8(11)12)9-7(10)4-5-13-9/h4-6H,2-3H2,1H3,(H,11,12). The van der Waals surface area contributed by atoms with E-state index >= 15 is 0 Å². The summed E-state index contributed by atoms with van der Waals surface area (Å²) in [5, 5.41) is 10.5. The maximum atomic E-state index is 10.3. The molecule has 4 heteroatoms. The van der Waals surface area contributed by atoms with Crippen LogP contribution in [0.4, 0.5) is 0 Å². The number of rotatable bonds is 4. The highest BCUT2D eigenvalue weighted by Crippen LogP contribution is 2.32. The van der Waals surface area contributed by atoms with Gasteiger partial charge in [-0.2, -0.15) is 0 Å². The summed E-state index contributed by atoms with van der Waals surface area (Å²) >= 11 is 5.11. The Morgan fingerprint density at radius 2 is 2.46 bits per heavy atom. The Labute approximate surface area is 89.7 Å². The quantitative estimate of drug-likeness (QED) is 0.902. The smallest absolute Gasteiger partial charge is 0.303 e. The van der Waals surface area contributed by atoms with Crippen molar-refractivity contribution in [1.82, 2.24) is 0 Å². The van der Waals surface area contributed by atoms with Gasteiger partial charge in [-0.3, -0.25) is 4.79 Å². The Balaban J connectivity index is 2.53. The van der Waals surface area contributed by atoms with Crippen LogP contribution in [0.3, 0.4) is 0 Å². The zero-order valence-electron chi connectivity index (χ0n) is 7.29. The van der Waals surface area contributed by atoms with Crippen molar-refractivity contribution in [2.75, 3.05) is 0 Å². The molecule has 0 saturated carbocycles. The van der Waals surface area contributed by atoms with E-state index in [0.717, 1.165) is 4.47 Å². The molecule has 1 atom stereocenters. The van der Waals surface area contributed by atoms with E-state index in [1.165, 1.54) is 4.88 Å².